The lowest BCUT2D eigenvalue weighted by atomic mass is 9.99. The molecule has 0 unspecified atom stereocenters. The minimum atomic E-state index is 0.724. The molecule has 2 nitrogen and oxygen atoms in total. The minimum Gasteiger partial charge on any atom is -0.330 e. The van der Waals surface area contributed by atoms with E-state index in [9.17, 15) is 0 Å². The molecule has 2 aromatic carbocycles. The largest absolute Gasteiger partial charge is 0.330 e. The number of rotatable bonds is 4. The zero-order chi connectivity index (χ0) is 13.8. The Kier molecular flexibility index (Phi) is 4.14. The van der Waals surface area contributed by atoms with Gasteiger partial charge >= 0.3 is 0 Å². The van der Waals surface area contributed by atoms with Gasteiger partial charge in [-0.1, -0.05) is 48.5 Å². The van der Waals surface area contributed by atoms with Crippen molar-refractivity contribution in [3.8, 4) is 0 Å². The molecule has 2 heteroatoms. The van der Waals surface area contributed by atoms with Crippen molar-refractivity contribution in [2.24, 2.45) is 5.73 Å². The van der Waals surface area contributed by atoms with Crippen LogP contribution in [0.15, 0.2) is 48.5 Å². The van der Waals surface area contributed by atoms with Crippen molar-refractivity contribution in [2.45, 2.75) is 25.9 Å². The van der Waals surface area contributed by atoms with E-state index in [0.717, 1.165) is 32.6 Å². The van der Waals surface area contributed by atoms with E-state index < -0.39 is 0 Å². The third-order valence-corrected chi connectivity index (χ3v) is 4.07. The van der Waals surface area contributed by atoms with Crippen LogP contribution in [0.5, 0.6) is 0 Å². The topological polar surface area (TPSA) is 29.3 Å². The Bertz CT molecular complexity index is 560. The van der Waals surface area contributed by atoms with Crippen LogP contribution in [-0.4, -0.2) is 18.0 Å². The predicted molar refractivity (Wildman–Crippen MR) is 83.5 cm³/mol. The summed E-state index contributed by atoms with van der Waals surface area (Å²) in [5.74, 6) is 0. The van der Waals surface area contributed by atoms with Gasteiger partial charge in [0.1, 0.15) is 0 Å². The van der Waals surface area contributed by atoms with Gasteiger partial charge in [0.25, 0.3) is 0 Å². The summed E-state index contributed by atoms with van der Waals surface area (Å²) in [6.07, 6.45) is 2.14. The molecule has 0 aromatic heterocycles. The first kappa shape index (κ1) is 13.3. The number of benzene rings is 2. The molecule has 1 aliphatic rings. The van der Waals surface area contributed by atoms with Crippen LogP contribution in [-0.2, 0) is 25.9 Å². The molecule has 0 spiro atoms. The summed E-state index contributed by atoms with van der Waals surface area (Å²) in [6.45, 7) is 3.99. The highest BCUT2D eigenvalue weighted by molar-refractivity contribution is 5.29. The summed E-state index contributed by atoms with van der Waals surface area (Å²) in [5.41, 5.74) is 11.3. The molecule has 20 heavy (non-hydrogen) atoms. The number of hydrogen-bond acceptors (Lipinski definition) is 2. The van der Waals surface area contributed by atoms with Crippen LogP contribution in [0.1, 0.15) is 22.3 Å². The Morgan fingerprint density at radius 1 is 0.900 bits per heavy atom. The Morgan fingerprint density at radius 2 is 1.60 bits per heavy atom. The van der Waals surface area contributed by atoms with Gasteiger partial charge in [-0.15, -0.1) is 0 Å². The Labute approximate surface area is 121 Å². The van der Waals surface area contributed by atoms with Crippen molar-refractivity contribution in [1.29, 1.82) is 0 Å². The third-order valence-electron chi connectivity index (χ3n) is 4.07. The zero-order valence-electron chi connectivity index (χ0n) is 11.9. The lowest BCUT2D eigenvalue weighted by molar-refractivity contribution is 0.245. The summed E-state index contributed by atoms with van der Waals surface area (Å²) in [7, 11) is 0. The molecular formula is C18H22N2. The summed E-state index contributed by atoms with van der Waals surface area (Å²) < 4.78 is 0. The van der Waals surface area contributed by atoms with Gasteiger partial charge in [-0.2, -0.15) is 0 Å². The molecule has 0 fully saturated rings. The molecule has 0 saturated carbocycles. The molecule has 0 aliphatic carbocycles. The minimum absolute atomic E-state index is 0.724. The van der Waals surface area contributed by atoms with Gasteiger partial charge in [0.05, 0.1) is 0 Å². The fourth-order valence-corrected chi connectivity index (χ4v) is 2.93. The first-order chi connectivity index (χ1) is 9.85. The lowest BCUT2D eigenvalue weighted by Gasteiger charge is -2.28. The summed E-state index contributed by atoms with van der Waals surface area (Å²) >= 11 is 0. The van der Waals surface area contributed by atoms with Crippen molar-refractivity contribution in [3.05, 3.63) is 70.8 Å². The molecule has 0 bridgehead atoms. The van der Waals surface area contributed by atoms with Crippen LogP contribution in [0.3, 0.4) is 0 Å². The zero-order valence-corrected chi connectivity index (χ0v) is 11.9. The summed E-state index contributed by atoms with van der Waals surface area (Å²) in [5, 5.41) is 0. The van der Waals surface area contributed by atoms with E-state index in [1.54, 1.807) is 0 Å². The highest BCUT2D eigenvalue weighted by Crippen LogP contribution is 2.20. The predicted octanol–water partition coefficient (Wildman–Crippen LogP) is 2.75. The third kappa shape index (κ3) is 3.09. The lowest BCUT2D eigenvalue weighted by Crippen LogP contribution is -2.29. The first-order valence-electron chi connectivity index (χ1n) is 7.42. The van der Waals surface area contributed by atoms with E-state index in [4.69, 9.17) is 5.73 Å². The maximum atomic E-state index is 5.59. The Morgan fingerprint density at radius 3 is 2.35 bits per heavy atom. The maximum absolute atomic E-state index is 5.59. The van der Waals surface area contributed by atoms with Crippen LogP contribution < -0.4 is 5.73 Å². The van der Waals surface area contributed by atoms with Gasteiger partial charge in [-0.05, 0) is 41.6 Å². The summed E-state index contributed by atoms with van der Waals surface area (Å²) in [6, 6.07) is 17.7. The fourth-order valence-electron chi connectivity index (χ4n) is 2.93. The molecule has 2 N–H and O–H groups in total. The molecule has 0 radical (unpaired) electrons. The number of fused-ring (bicyclic) bond motifs is 1. The highest BCUT2D eigenvalue weighted by atomic mass is 15.1. The van der Waals surface area contributed by atoms with Crippen molar-refractivity contribution < 1.29 is 0 Å². The van der Waals surface area contributed by atoms with Gasteiger partial charge in [0.2, 0.25) is 0 Å². The molecule has 0 atom stereocenters. The van der Waals surface area contributed by atoms with Gasteiger partial charge in [-0.3, -0.25) is 4.90 Å². The molecule has 0 amide bonds. The second kappa shape index (κ2) is 6.21. The average Bonchev–Trinajstić information content (AvgIpc) is 2.49. The fraction of sp³-hybridized carbons (Fsp3) is 0.333. The standard InChI is InChI=1S/C18H22N2/c19-11-9-15-5-7-16(8-6-15)13-20-12-10-17-3-1-2-4-18(17)14-20/h1-8H,9-14,19H2. The number of hydrogen-bond donors (Lipinski definition) is 1. The van der Waals surface area contributed by atoms with E-state index in [0.29, 0.717) is 0 Å². The van der Waals surface area contributed by atoms with Gasteiger partial charge < -0.3 is 5.73 Å². The van der Waals surface area contributed by atoms with E-state index in [-0.39, 0.29) is 0 Å². The normalized spacial score (nSPS) is 15.1. The van der Waals surface area contributed by atoms with E-state index >= 15 is 0 Å². The maximum Gasteiger partial charge on any atom is 0.0240 e. The number of nitrogens with two attached hydrogens (primary N) is 1. The monoisotopic (exact) mass is 266 g/mol. The van der Waals surface area contributed by atoms with E-state index in [1.165, 1.54) is 28.7 Å². The molecule has 104 valence electrons. The van der Waals surface area contributed by atoms with Gasteiger partial charge in [-0.25, -0.2) is 0 Å². The van der Waals surface area contributed by atoms with Crippen LogP contribution in [0.4, 0.5) is 0 Å². The van der Waals surface area contributed by atoms with Gasteiger partial charge in [0, 0.05) is 19.6 Å². The van der Waals surface area contributed by atoms with Crippen molar-refractivity contribution in [1.82, 2.24) is 4.90 Å². The Balaban J connectivity index is 1.64. The quantitative estimate of drug-likeness (QED) is 0.922. The molecule has 3 rings (SSSR count). The Hall–Kier alpha value is -1.64. The highest BCUT2D eigenvalue weighted by Gasteiger charge is 2.15. The van der Waals surface area contributed by atoms with Crippen LogP contribution in [0.25, 0.3) is 0 Å². The van der Waals surface area contributed by atoms with Crippen molar-refractivity contribution in [3.63, 3.8) is 0 Å². The van der Waals surface area contributed by atoms with Crippen molar-refractivity contribution >= 4 is 0 Å². The van der Waals surface area contributed by atoms with Crippen LogP contribution >= 0.6 is 0 Å². The summed E-state index contributed by atoms with van der Waals surface area (Å²) in [4.78, 5) is 2.53. The smallest absolute Gasteiger partial charge is 0.0240 e. The molecule has 1 heterocycles. The van der Waals surface area contributed by atoms with Crippen LogP contribution in [0, 0.1) is 0 Å². The first-order valence-corrected chi connectivity index (χ1v) is 7.42. The van der Waals surface area contributed by atoms with Crippen molar-refractivity contribution in [2.75, 3.05) is 13.1 Å². The molecule has 0 saturated heterocycles. The second-order valence-electron chi connectivity index (χ2n) is 5.58. The van der Waals surface area contributed by atoms with E-state index in [2.05, 4.69) is 53.4 Å². The average molecular weight is 266 g/mol. The van der Waals surface area contributed by atoms with Gasteiger partial charge in [0.15, 0.2) is 0 Å². The van der Waals surface area contributed by atoms with Crippen LogP contribution in [0.2, 0.25) is 0 Å². The SMILES string of the molecule is NCCc1ccc(CN2CCc3ccccc3C2)cc1. The molecular weight excluding hydrogens is 244 g/mol. The van der Waals surface area contributed by atoms with E-state index in [1.807, 2.05) is 0 Å². The number of nitrogens with zero attached hydrogens (tertiary/aromatic N) is 1. The molecule has 2 aromatic rings. The molecule has 1 aliphatic heterocycles. The second-order valence-corrected chi connectivity index (χ2v) is 5.58.